The van der Waals surface area contributed by atoms with Crippen LogP contribution in [-0.2, 0) is 4.74 Å². The molecule has 7 heteroatoms. The van der Waals surface area contributed by atoms with E-state index < -0.39 is 0 Å². The van der Waals surface area contributed by atoms with Gasteiger partial charge in [0, 0.05) is 24.5 Å². The predicted molar refractivity (Wildman–Crippen MR) is 129 cm³/mol. The number of unbranched alkanes of at least 4 members (excludes halogenated alkanes) is 5. The van der Waals surface area contributed by atoms with Gasteiger partial charge in [0.1, 0.15) is 11.3 Å². The maximum absolute atomic E-state index is 6.00. The van der Waals surface area contributed by atoms with Crippen LogP contribution in [0.25, 0.3) is 28.1 Å². The van der Waals surface area contributed by atoms with E-state index in [0.717, 1.165) is 54.2 Å². The van der Waals surface area contributed by atoms with Crippen molar-refractivity contribution in [3.63, 3.8) is 0 Å². The van der Waals surface area contributed by atoms with E-state index in [2.05, 4.69) is 15.4 Å². The number of hydrogen-bond donors (Lipinski definition) is 1. The zero-order valence-corrected chi connectivity index (χ0v) is 19.0. The molecular formula is C26H32N4O3. The van der Waals surface area contributed by atoms with Crippen molar-refractivity contribution in [1.29, 1.82) is 0 Å². The molecule has 1 saturated heterocycles. The summed E-state index contributed by atoms with van der Waals surface area (Å²) in [5.41, 5.74) is 2.45. The normalized spacial score (nSPS) is 16.5. The molecule has 7 nitrogen and oxygen atoms in total. The van der Waals surface area contributed by atoms with Gasteiger partial charge in [0.05, 0.1) is 25.5 Å². The lowest BCUT2D eigenvalue weighted by atomic mass is 10.1. The molecule has 4 aromatic rings. The number of hydrogen-bond acceptors (Lipinski definition) is 6. The lowest BCUT2D eigenvalue weighted by molar-refractivity contribution is 0.0220. The van der Waals surface area contributed by atoms with Crippen molar-refractivity contribution in [1.82, 2.24) is 19.9 Å². The molecule has 3 aromatic heterocycles. The topological polar surface area (TPSA) is 73.8 Å². The van der Waals surface area contributed by atoms with Gasteiger partial charge in [-0.15, -0.1) is 5.10 Å². The Morgan fingerprint density at radius 2 is 1.91 bits per heavy atom. The summed E-state index contributed by atoms with van der Waals surface area (Å²) >= 11 is 0. The van der Waals surface area contributed by atoms with Crippen LogP contribution in [0.2, 0.25) is 0 Å². The van der Waals surface area contributed by atoms with E-state index in [4.69, 9.17) is 13.9 Å². The van der Waals surface area contributed by atoms with Gasteiger partial charge in [0.2, 0.25) is 5.88 Å². The number of rotatable bonds is 11. The molecule has 1 fully saturated rings. The van der Waals surface area contributed by atoms with E-state index in [9.17, 15) is 0 Å². The molecule has 0 amide bonds. The Bertz CT molecular complexity index is 1130. The highest BCUT2D eigenvalue weighted by molar-refractivity contribution is 5.82. The third-order valence-corrected chi connectivity index (χ3v) is 6.19. The Balaban J connectivity index is 1.06. The first kappa shape index (κ1) is 21.9. The molecule has 1 atom stereocenters. The average Bonchev–Trinajstić information content (AvgIpc) is 3.47. The smallest absolute Gasteiger partial charge is 0.231 e. The standard InChI is InChI=1S/C26H32N4O3/c1(3-5-10-21-18-27-14-16-31-21)2-4-8-15-32-26-13-12-25-28-19-22(30(25)29-26)24-17-20-9-6-7-11-23(20)33-24/h6-7,9,11-13,17,19,21,27H,1-5,8,10,14-16,18H2. The molecule has 0 spiro atoms. The molecule has 0 bridgehead atoms. The lowest BCUT2D eigenvalue weighted by Gasteiger charge is -2.23. The Morgan fingerprint density at radius 1 is 1.03 bits per heavy atom. The fraction of sp³-hybridized carbons (Fsp3) is 0.462. The van der Waals surface area contributed by atoms with Crippen LogP contribution in [0.15, 0.2) is 53.1 Å². The first-order valence-electron chi connectivity index (χ1n) is 12.2. The number of benzene rings is 1. The fourth-order valence-corrected chi connectivity index (χ4v) is 4.37. The summed E-state index contributed by atoms with van der Waals surface area (Å²) < 4.78 is 19.5. The molecule has 1 aliphatic rings. The third-order valence-electron chi connectivity index (χ3n) is 6.19. The van der Waals surface area contributed by atoms with Crippen molar-refractivity contribution >= 4 is 16.6 Å². The highest BCUT2D eigenvalue weighted by Gasteiger charge is 2.14. The molecule has 1 unspecified atom stereocenters. The first-order valence-corrected chi connectivity index (χ1v) is 12.2. The van der Waals surface area contributed by atoms with E-state index in [1.807, 2.05) is 42.5 Å². The number of imidazole rings is 1. The average molecular weight is 449 g/mol. The van der Waals surface area contributed by atoms with Crippen LogP contribution in [0, 0.1) is 0 Å². The van der Waals surface area contributed by atoms with Crippen LogP contribution in [0.1, 0.15) is 44.9 Å². The van der Waals surface area contributed by atoms with E-state index in [1.54, 1.807) is 10.7 Å². The maximum atomic E-state index is 6.00. The third kappa shape index (κ3) is 5.54. The minimum atomic E-state index is 0.417. The van der Waals surface area contributed by atoms with Gasteiger partial charge < -0.3 is 19.2 Å². The highest BCUT2D eigenvalue weighted by Crippen LogP contribution is 2.28. The van der Waals surface area contributed by atoms with Gasteiger partial charge >= 0.3 is 0 Å². The summed E-state index contributed by atoms with van der Waals surface area (Å²) in [6.07, 6.45) is 10.7. The molecule has 0 radical (unpaired) electrons. The lowest BCUT2D eigenvalue weighted by Crippen LogP contribution is -2.38. The summed E-state index contributed by atoms with van der Waals surface area (Å²) in [6, 6.07) is 13.8. The largest absolute Gasteiger partial charge is 0.477 e. The second-order valence-electron chi connectivity index (χ2n) is 8.69. The fourth-order valence-electron chi connectivity index (χ4n) is 4.37. The van der Waals surface area contributed by atoms with Gasteiger partial charge in [-0.05, 0) is 31.0 Å². The van der Waals surface area contributed by atoms with Crippen LogP contribution >= 0.6 is 0 Å². The molecule has 174 valence electrons. The van der Waals surface area contributed by atoms with Crippen molar-refractivity contribution in [3.05, 3.63) is 48.7 Å². The second-order valence-corrected chi connectivity index (χ2v) is 8.69. The van der Waals surface area contributed by atoms with Crippen LogP contribution in [0.3, 0.4) is 0 Å². The quantitative estimate of drug-likeness (QED) is 0.316. The van der Waals surface area contributed by atoms with E-state index in [0.29, 0.717) is 18.6 Å². The molecule has 0 aliphatic carbocycles. The maximum Gasteiger partial charge on any atom is 0.231 e. The Hall–Kier alpha value is -2.90. The number of furan rings is 1. The van der Waals surface area contributed by atoms with E-state index >= 15 is 0 Å². The summed E-state index contributed by atoms with van der Waals surface area (Å²) in [5.74, 6) is 1.36. The monoisotopic (exact) mass is 448 g/mol. The molecular weight excluding hydrogens is 416 g/mol. The number of para-hydroxylation sites is 1. The zero-order chi connectivity index (χ0) is 22.3. The molecule has 1 aromatic carbocycles. The van der Waals surface area contributed by atoms with Crippen molar-refractivity contribution in [2.75, 3.05) is 26.3 Å². The van der Waals surface area contributed by atoms with Crippen LogP contribution in [-0.4, -0.2) is 47.0 Å². The molecule has 4 heterocycles. The van der Waals surface area contributed by atoms with Crippen LogP contribution < -0.4 is 10.1 Å². The SMILES string of the molecule is c1ccc2oc(-c3cnc4ccc(OCCCCCCCCC5CNCCO5)nn34)cc2c1. The summed E-state index contributed by atoms with van der Waals surface area (Å²) in [7, 11) is 0. The van der Waals surface area contributed by atoms with Crippen molar-refractivity contribution in [2.45, 2.75) is 51.0 Å². The van der Waals surface area contributed by atoms with Gasteiger partial charge in [-0.3, -0.25) is 0 Å². The van der Waals surface area contributed by atoms with Crippen LogP contribution in [0.4, 0.5) is 0 Å². The van der Waals surface area contributed by atoms with Gasteiger partial charge in [0.25, 0.3) is 0 Å². The van der Waals surface area contributed by atoms with Crippen LogP contribution in [0.5, 0.6) is 5.88 Å². The number of fused-ring (bicyclic) bond motifs is 2. The van der Waals surface area contributed by atoms with Crippen molar-refractivity contribution in [3.8, 4) is 17.3 Å². The molecule has 33 heavy (non-hydrogen) atoms. The zero-order valence-electron chi connectivity index (χ0n) is 19.0. The predicted octanol–water partition coefficient (Wildman–Crippen LogP) is 5.24. The first-order chi connectivity index (χ1) is 16.4. The minimum absolute atomic E-state index is 0.417. The molecule has 1 N–H and O–H groups in total. The Labute approximate surface area is 194 Å². The number of nitrogens with zero attached hydrogens (tertiary/aromatic N) is 3. The minimum Gasteiger partial charge on any atom is -0.477 e. The summed E-state index contributed by atoms with van der Waals surface area (Å²) in [6.45, 7) is 3.53. The number of nitrogens with one attached hydrogen (secondary N) is 1. The van der Waals surface area contributed by atoms with E-state index in [-0.39, 0.29) is 0 Å². The molecule has 1 aliphatic heterocycles. The van der Waals surface area contributed by atoms with Crippen molar-refractivity contribution < 1.29 is 13.9 Å². The van der Waals surface area contributed by atoms with E-state index in [1.165, 1.54) is 38.5 Å². The second kappa shape index (κ2) is 10.8. The van der Waals surface area contributed by atoms with Gasteiger partial charge in [-0.1, -0.05) is 50.3 Å². The highest BCUT2D eigenvalue weighted by atomic mass is 16.5. The number of aromatic nitrogens is 3. The number of ether oxygens (including phenoxy) is 2. The van der Waals surface area contributed by atoms with Gasteiger partial charge in [0.15, 0.2) is 11.4 Å². The van der Waals surface area contributed by atoms with Crippen molar-refractivity contribution in [2.24, 2.45) is 0 Å². The summed E-state index contributed by atoms with van der Waals surface area (Å²) in [4.78, 5) is 4.45. The van der Waals surface area contributed by atoms with Gasteiger partial charge in [-0.2, -0.15) is 0 Å². The summed E-state index contributed by atoms with van der Waals surface area (Å²) in [5, 5.41) is 9.10. The molecule has 5 rings (SSSR count). The number of morpholine rings is 1. The van der Waals surface area contributed by atoms with Gasteiger partial charge in [-0.25, -0.2) is 9.50 Å². The molecule has 0 saturated carbocycles. The Morgan fingerprint density at radius 3 is 2.79 bits per heavy atom. The Kier molecular flexibility index (Phi) is 7.18.